The quantitative estimate of drug-likeness (QED) is 0.693. The molecule has 0 bridgehead atoms. The predicted octanol–water partition coefficient (Wildman–Crippen LogP) is 1.69. The molecule has 0 radical (unpaired) electrons. The van der Waals surface area contributed by atoms with E-state index in [0.29, 0.717) is 5.25 Å². The minimum absolute atomic E-state index is 0.652. The van der Waals surface area contributed by atoms with Gasteiger partial charge in [-0.15, -0.1) is 16.9 Å². The summed E-state index contributed by atoms with van der Waals surface area (Å²) in [5, 5.41) is 8.48. The lowest BCUT2D eigenvalue weighted by Gasteiger charge is -2.02. The van der Waals surface area contributed by atoms with Crippen molar-refractivity contribution in [1.29, 1.82) is 0 Å². The van der Waals surface area contributed by atoms with Crippen LogP contribution in [0.3, 0.4) is 0 Å². The van der Waals surface area contributed by atoms with E-state index in [1.807, 2.05) is 29.6 Å². The van der Waals surface area contributed by atoms with Gasteiger partial charge in [0.25, 0.3) is 0 Å². The Labute approximate surface area is 71.2 Å². The van der Waals surface area contributed by atoms with Crippen LogP contribution >= 0.6 is 11.8 Å². The van der Waals surface area contributed by atoms with Gasteiger partial charge in [-0.1, -0.05) is 19.1 Å². The van der Waals surface area contributed by atoms with Gasteiger partial charge in [-0.2, -0.15) is 0 Å². The van der Waals surface area contributed by atoms with Crippen LogP contribution in [0.2, 0.25) is 0 Å². The summed E-state index contributed by atoms with van der Waals surface area (Å²) in [5.74, 6) is 0.901. The lowest BCUT2D eigenvalue weighted by atomic mass is 10.6. The number of rotatable bonds is 3. The number of aryl methyl sites for hydroxylation is 1. The molecule has 62 valence electrons. The van der Waals surface area contributed by atoms with E-state index >= 15 is 0 Å². The van der Waals surface area contributed by atoms with Gasteiger partial charge in [0.15, 0.2) is 0 Å². The Balaban J connectivity index is 2.39. The van der Waals surface area contributed by atoms with E-state index in [2.05, 4.69) is 24.2 Å². The number of nitrogens with zero attached hydrogens (tertiary/aromatic N) is 3. The summed E-state index contributed by atoms with van der Waals surface area (Å²) in [6.07, 6.45) is 1.95. The third kappa shape index (κ3) is 2.93. The van der Waals surface area contributed by atoms with Crippen LogP contribution < -0.4 is 0 Å². The topological polar surface area (TPSA) is 30.7 Å². The zero-order valence-electron chi connectivity index (χ0n) is 7.11. The van der Waals surface area contributed by atoms with E-state index in [4.69, 9.17) is 0 Å². The standard InChI is InChI=1S/C7H13N3S/c1-6(2)11-5-10-4-7(3)8-9-10/h4,6H,5H2,1-3H3. The zero-order chi connectivity index (χ0) is 8.27. The van der Waals surface area contributed by atoms with Crippen molar-refractivity contribution < 1.29 is 0 Å². The molecule has 0 aliphatic carbocycles. The van der Waals surface area contributed by atoms with Crippen LogP contribution in [0.25, 0.3) is 0 Å². The van der Waals surface area contributed by atoms with Crippen molar-refractivity contribution in [1.82, 2.24) is 15.0 Å². The minimum Gasteiger partial charge on any atom is -0.242 e. The average Bonchev–Trinajstić information content (AvgIpc) is 2.31. The highest BCUT2D eigenvalue weighted by Gasteiger charge is 1.97. The summed E-state index contributed by atoms with van der Waals surface area (Å²) < 4.78 is 1.86. The van der Waals surface area contributed by atoms with Crippen molar-refractivity contribution >= 4 is 11.8 Å². The molecule has 0 unspecified atom stereocenters. The normalized spacial score (nSPS) is 10.9. The Kier molecular flexibility index (Phi) is 2.93. The van der Waals surface area contributed by atoms with Crippen LogP contribution in [-0.2, 0) is 5.88 Å². The van der Waals surface area contributed by atoms with Crippen LogP contribution in [0.4, 0.5) is 0 Å². The summed E-state index contributed by atoms with van der Waals surface area (Å²) in [7, 11) is 0. The fourth-order valence-corrected chi connectivity index (χ4v) is 1.26. The summed E-state index contributed by atoms with van der Waals surface area (Å²) in [6.45, 7) is 6.30. The Morgan fingerprint density at radius 2 is 2.36 bits per heavy atom. The SMILES string of the molecule is Cc1cn(CSC(C)C)nn1. The maximum atomic E-state index is 3.93. The number of hydrogen-bond donors (Lipinski definition) is 0. The lowest BCUT2D eigenvalue weighted by molar-refractivity contribution is 0.699. The van der Waals surface area contributed by atoms with Crippen molar-refractivity contribution in [2.45, 2.75) is 31.9 Å². The zero-order valence-corrected chi connectivity index (χ0v) is 7.93. The molecule has 0 atom stereocenters. The van der Waals surface area contributed by atoms with Gasteiger partial charge in [0, 0.05) is 11.4 Å². The first kappa shape index (κ1) is 8.59. The molecule has 0 aromatic carbocycles. The fourth-order valence-electron chi connectivity index (χ4n) is 0.684. The van der Waals surface area contributed by atoms with E-state index in [1.54, 1.807) is 0 Å². The van der Waals surface area contributed by atoms with Gasteiger partial charge in [-0.3, -0.25) is 0 Å². The molecule has 0 saturated heterocycles. The van der Waals surface area contributed by atoms with E-state index in [9.17, 15) is 0 Å². The molecule has 1 aromatic heterocycles. The van der Waals surface area contributed by atoms with Gasteiger partial charge in [-0.05, 0) is 6.92 Å². The second-order valence-corrected chi connectivity index (χ2v) is 4.28. The first-order valence-electron chi connectivity index (χ1n) is 3.67. The van der Waals surface area contributed by atoms with Crippen molar-refractivity contribution in [3.05, 3.63) is 11.9 Å². The lowest BCUT2D eigenvalue weighted by Crippen LogP contribution is -1.98. The van der Waals surface area contributed by atoms with Crippen LogP contribution in [0, 0.1) is 6.92 Å². The predicted molar refractivity (Wildman–Crippen MR) is 47.5 cm³/mol. The molecule has 0 saturated carbocycles. The van der Waals surface area contributed by atoms with E-state index < -0.39 is 0 Å². The molecule has 0 fully saturated rings. The largest absolute Gasteiger partial charge is 0.242 e. The van der Waals surface area contributed by atoms with Crippen LogP contribution in [-0.4, -0.2) is 20.2 Å². The molecule has 4 heteroatoms. The molecule has 11 heavy (non-hydrogen) atoms. The van der Waals surface area contributed by atoms with Gasteiger partial charge in [0.2, 0.25) is 0 Å². The minimum atomic E-state index is 0.652. The molecule has 3 nitrogen and oxygen atoms in total. The Morgan fingerprint density at radius 1 is 1.64 bits per heavy atom. The smallest absolute Gasteiger partial charge is 0.0883 e. The van der Waals surface area contributed by atoms with Crippen molar-refractivity contribution in [3.63, 3.8) is 0 Å². The van der Waals surface area contributed by atoms with E-state index in [1.165, 1.54) is 0 Å². The second kappa shape index (κ2) is 3.76. The molecular weight excluding hydrogens is 158 g/mol. The molecule has 1 aromatic rings. The molecule has 1 heterocycles. The molecule has 0 N–H and O–H groups in total. The van der Waals surface area contributed by atoms with Crippen molar-refractivity contribution in [3.8, 4) is 0 Å². The summed E-state index contributed by atoms with van der Waals surface area (Å²) in [6, 6.07) is 0. The molecule has 0 spiro atoms. The van der Waals surface area contributed by atoms with Crippen LogP contribution in [0.15, 0.2) is 6.20 Å². The van der Waals surface area contributed by atoms with E-state index in [-0.39, 0.29) is 0 Å². The number of aromatic nitrogens is 3. The second-order valence-electron chi connectivity index (χ2n) is 2.74. The highest BCUT2D eigenvalue weighted by atomic mass is 32.2. The monoisotopic (exact) mass is 171 g/mol. The van der Waals surface area contributed by atoms with Crippen molar-refractivity contribution in [2.24, 2.45) is 0 Å². The average molecular weight is 171 g/mol. The summed E-state index contributed by atoms with van der Waals surface area (Å²) in [4.78, 5) is 0. The van der Waals surface area contributed by atoms with Gasteiger partial charge in [-0.25, -0.2) is 4.68 Å². The fraction of sp³-hybridized carbons (Fsp3) is 0.714. The third-order valence-corrected chi connectivity index (χ3v) is 2.27. The maximum Gasteiger partial charge on any atom is 0.0883 e. The third-order valence-electron chi connectivity index (χ3n) is 1.19. The molecule has 0 amide bonds. The van der Waals surface area contributed by atoms with Gasteiger partial charge >= 0.3 is 0 Å². The van der Waals surface area contributed by atoms with E-state index in [0.717, 1.165) is 11.6 Å². The highest BCUT2D eigenvalue weighted by molar-refractivity contribution is 7.98. The highest BCUT2D eigenvalue weighted by Crippen LogP contribution is 2.10. The summed E-state index contributed by atoms with van der Waals surface area (Å²) >= 11 is 1.86. The molecular formula is C7H13N3S. The van der Waals surface area contributed by atoms with Gasteiger partial charge in [0.05, 0.1) is 11.6 Å². The Bertz CT molecular complexity index is 219. The Hall–Kier alpha value is -0.510. The molecule has 0 aliphatic heterocycles. The first-order valence-corrected chi connectivity index (χ1v) is 4.71. The first-order chi connectivity index (χ1) is 5.18. The van der Waals surface area contributed by atoms with Crippen LogP contribution in [0.1, 0.15) is 19.5 Å². The van der Waals surface area contributed by atoms with Gasteiger partial charge in [0.1, 0.15) is 0 Å². The summed E-state index contributed by atoms with van der Waals surface area (Å²) in [5.41, 5.74) is 0.981. The van der Waals surface area contributed by atoms with Crippen molar-refractivity contribution in [2.75, 3.05) is 0 Å². The number of thioether (sulfide) groups is 1. The molecule has 1 rings (SSSR count). The van der Waals surface area contributed by atoms with Gasteiger partial charge < -0.3 is 0 Å². The Morgan fingerprint density at radius 3 is 2.82 bits per heavy atom. The number of hydrogen-bond acceptors (Lipinski definition) is 3. The maximum absolute atomic E-state index is 3.93. The molecule has 0 aliphatic rings. The van der Waals surface area contributed by atoms with Crippen LogP contribution in [0.5, 0.6) is 0 Å².